The molecule has 1 aliphatic heterocycles. The van der Waals surface area contributed by atoms with E-state index in [-0.39, 0.29) is 4.83 Å². The molecule has 1 atom stereocenters. The molecule has 1 heterocycles. The van der Waals surface area contributed by atoms with Crippen LogP contribution in [-0.2, 0) is 0 Å². The van der Waals surface area contributed by atoms with Gasteiger partial charge in [0.05, 0.1) is 4.83 Å². The molecule has 16 heavy (non-hydrogen) atoms. The van der Waals surface area contributed by atoms with Crippen molar-refractivity contribution in [3.8, 4) is 11.5 Å². The number of halogens is 2. The molecule has 0 N–H and O–H groups in total. The number of alkyl halides is 1. The zero-order valence-corrected chi connectivity index (χ0v) is 12.0. The average molecular weight is 387 g/mol. The summed E-state index contributed by atoms with van der Waals surface area (Å²) in [5, 5.41) is 0. The van der Waals surface area contributed by atoms with E-state index in [0.717, 1.165) is 11.5 Å². The Morgan fingerprint density at radius 1 is 1.00 bits per heavy atom. The molecule has 0 spiro atoms. The molecular weight excluding hydrogens is 379 g/mol. The summed E-state index contributed by atoms with van der Waals surface area (Å²) in [5.74, 6) is 1.89. The van der Waals surface area contributed by atoms with Crippen molar-refractivity contribution >= 4 is 38.5 Å². The summed E-state index contributed by atoms with van der Waals surface area (Å²) < 4.78 is 7.12. The minimum atomic E-state index is 0.223. The van der Waals surface area contributed by atoms with Gasteiger partial charge in [-0.2, -0.15) is 0 Å². The van der Waals surface area contributed by atoms with E-state index in [9.17, 15) is 0 Å². The normalized spacial score (nSPS) is 17.2. The average Bonchev–Trinajstić information content (AvgIpc) is 2.29. The van der Waals surface area contributed by atoms with Gasteiger partial charge in [0.1, 0.15) is 11.5 Å². The number of fused-ring (bicyclic) bond motifs is 2. The van der Waals surface area contributed by atoms with Crippen molar-refractivity contribution in [1.82, 2.24) is 0 Å². The molecule has 0 radical (unpaired) electrons. The van der Waals surface area contributed by atoms with Crippen LogP contribution in [0.2, 0.25) is 0 Å². The van der Waals surface area contributed by atoms with Crippen LogP contribution in [0.25, 0.3) is 0 Å². The molecule has 80 valence electrons. The second kappa shape index (κ2) is 4.04. The Morgan fingerprint density at radius 2 is 1.75 bits per heavy atom. The number of ether oxygens (including phenoxy) is 1. The van der Waals surface area contributed by atoms with Crippen molar-refractivity contribution in [3.63, 3.8) is 0 Å². The van der Waals surface area contributed by atoms with Crippen LogP contribution in [0.1, 0.15) is 16.0 Å². The molecule has 1 aliphatic rings. The third kappa shape index (κ3) is 1.57. The van der Waals surface area contributed by atoms with E-state index in [0.29, 0.717) is 0 Å². The summed E-state index contributed by atoms with van der Waals surface area (Å²) in [7, 11) is 0. The quantitative estimate of drug-likeness (QED) is 0.463. The molecule has 0 fully saturated rings. The lowest BCUT2D eigenvalue weighted by Crippen LogP contribution is -2.06. The molecule has 2 aromatic carbocycles. The van der Waals surface area contributed by atoms with Crippen LogP contribution in [0.15, 0.2) is 42.5 Å². The topological polar surface area (TPSA) is 9.23 Å². The van der Waals surface area contributed by atoms with Crippen LogP contribution in [0.3, 0.4) is 0 Å². The third-order valence-corrected chi connectivity index (χ3v) is 4.57. The summed E-state index contributed by atoms with van der Waals surface area (Å²) in [5.41, 5.74) is 2.42. The summed E-state index contributed by atoms with van der Waals surface area (Å²) in [6.45, 7) is 0. The number of rotatable bonds is 0. The maximum absolute atomic E-state index is 5.89. The van der Waals surface area contributed by atoms with Crippen LogP contribution >= 0.6 is 38.5 Å². The predicted molar refractivity (Wildman–Crippen MR) is 76.4 cm³/mol. The van der Waals surface area contributed by atoms with Crippen LogP contribution in [-0.4, -0.2) is 0 Å². The molecule has 1 unspecified atom stereocenters. The molecule has 0 saturated heterocycles. The first-order valence-electron chi connectivity index (χ1n) is 4.96. The molecule has 2 aromatic rings. The van der Waals surface area contributed by atoms with Crippen molar-refractivity contribution in [2.75, 3.05) is 0 Å². The van der Waals surface area contributed by atoms with E-state index in [2.05, 4.69) is 50.7 Å². The van der Waals surface area contributed by atoms with Gasteiger partial charge < -0.3 is 4.74 Å². The van der Waals surface area contributed by atoms with Crippen molar-refractivity contribution in [3.05, 3.63) is 57.2 Å². The number of hydrogen-bond acceptors (Lipinski definition) is 1. The van der Waals surface area contributed by atoms with E-state index < -0.39 is 0 Å². The molecular formula is C13H8BrIO. The maximum Gasteiger partial charge on any atom is 0.133 e. The summed E-state index contributed by atoms with van der Waals surface area (Å²) in [6, 6.07) is 14.3. The van der Waals surface area contributed by atoms with Gasteiger partial charge in [0.25, 0.3) is 0 Å². The van der Waals surface area contributed by atoms with Gasteiger partial charge in [-0.05, 0) is 40.8 Å². The van der Waals surface area contributed by atoms with Gasteiger partial charge in [0.15, 0.2) is 0 Å². The van der Waals surface area contributed by atoms with Crippen LogP contribution in [0, 0.1) is 3.57 Å². The van der Waals surface area contributed by atoms with Crippen molar-refractivity contribution in [2.24, 2.45) is 0 Å². The van der Waals surface area contributed by atoms with E-state index in [1.165, 1.54) is 14.7 Å². The Bertz CT molecular complexity index is 553. The Labute approximate surface area is 116 Å². The first-order valence-corrected chi connectivity index (χ1v) is 6.96. The lowest BCUT2D eigenvalue weighted by Gasteiger charge is -2.25. The minimum absolute atomic E-state index is 0.223. The van der Waals surface area contributed by atoms with E-state index in [4.69, 9.17) is 4.74 Å². The van der Waals surface area contributed by atoms with Gasteiger partial charge >= 0.3 is 0 Å². The lowest BCUT2D eigenvalue weighted by atomic mass is 10.0. The molecule has 3 heteroatoms. The molecule has 0 aromatic heterocycles. The number of para-hydroxylation sites is 1. The summed E-state index contributed by atoms with van der Waals surface area (Å²) in [4.78, 5) is 0.223. The highest BCUT2D eigenvalue weighted by Crippen LogP contribution is 2.48. The van der Waals surface area contributed by atoms with Gasteiger partial charge in [-0.25, -0.2) is 0 Å². The molecule has 0 saturated carbocycles. The van der Waals surface area contributed by atoms with E-state index in [1.54, 1.807) is 0 Å². The standard InChI is InChI=1S/C13H8BrIO/c14-13-8-4-1-2-6-10(8)16-11-7-3-5-9(15)12(11)13/h1-7,13H. The summed E-state index contributed by atoms with van der Waals surface area (Å²) in [6.07, 6.45) is 0. The van der Waals surface area contributed by atoms with Crippen molar-refractivity contribution < 1.29 is 4.74 Å². The molecule has 0 bridgehead atoms. The monoisotopic (exact) mass is 386 g/mol. The highest BCUT2D eigenvalue weighted by atomic mass is 127. The third-order valence-electron chi connectivity index (χ3n) is 2.68. The minimum Gasteiger partial charge on any atom is -0.457 e. The van der Waals surface area contributed by atoms with Gasteiger partial charge in [0, 0.05) is 14.7 Å². The first-order chi connectivity index (χ1) is 7.77. The van der Waals surface area contributed by atoms with Gasteiger partial charge in [-0.3, -0.25) is 0 Å². The van der Waals surface area contributed by atoms with Crippen LogP contribution in [0.4, 0.5) is 0 Å². The van der Waals surface area contributed by atoms with Crippen LogP contribution < -0.4 is 4.74 Å². The second-order valence-electron chi connectivity index (χ2n) is 3.65. The largest absolute Gasteiger partial charge is 0.457 e. The fourth-order valence-corrected chi connectivity index (χ4v) is 3.97. The van der Waals surface area contributed by atoms with Crippen LogP contribution in [0.5, 0.6) is 11.5 Å². The Kier molecular flexibility index (Phi) is 2.67. The predicted octanol–water partition coefficient (Wildman–Crippen LogP) is 4.88. The number of benzene rings is 2. The molecule has 3 rings (SSSR count). The Hall–Kier alpha value is -0.550. The lowest BCUT2D eigenvalue weighted by molar-refractivity contribution is 0.459. The van der Waals surface area contributed by atoms with Crippen molar-refractivity contribution in [2.45, 2.75) is 4.83 Å². The summed E-state index contributed by atoms with van der Waals surface area (Å²) >= 11 is 6.10. The highest BCUT2D eigenvalue weighted by molar-refractivity contribution is 14.1. The maximum atomic E-state index is 5.89. The zero-order valence-electron chi connectivity index (χ0n) is 8.28. The highest BCUT2D eigenvalue weighted by Gasteiger charge is 2.26. The van der Waals surface area contributed by atoms with Gasteiger partial charge in [-0.1, -0.05) is 40.2 Å². The Morgan fingerprint density at radius 3 is 2.62 bits per heavy atom. The van der Waals surface area contributed by atoms with E-state index >= 15 is 0 Å². The fraction of sp³-hybridized carbons (Fsp3) is 0.0769. The Balaban J connectivity index is 2.23. The zero-order chi connectivity index (χ0) is 11.1. The molecule has 1 nitrogen and oxygen atoms in total. The SMILES string of the molecule is BrC1c2ccccc2Oc2cccc(I)c21. The molecule has 0 amide bonds. The number of hydrogen-bond donors (Lipinski definition) is 0. The van der Waals surface area contributed by atoms with Crippen molar-refractivity contribution in [1.29, 1.82) is 0 Å². The van der Waals surface area contributed by atoms with E-state index in [1.807, 2.05) is 30.3 Å². The second-order valence-corrected chi connectivity index (χ2v) is 5.73. The van der Waals surface area contributed by atoms with Gasteiger partial charge in [0.2, 0.25) is 0 Å². The molecule has 0 aliphatic carbocycles. The first kappa shape index (κ1) is 10.6. The smallest absolute Gasteiger partial charge is 0.133 e. The fourth-order valence-electron chi connectivity index (χ4n) is 1.91. The van der Waals surface area contributed by atoms with Gasteiger partial charge in [-0.15, -0.1) is 0 Å².